The molecule has 0 atom stereocenters. The lowest BCUT2D eigenvalue weighted by molar-refractivity contribution is 1.01. The Bertz CT molecular complexity index is 3450. The molecule has 0 spiro atoms. The maximum absolute atomic E-state index is 8.82. The van der Waals surface area contributed by atoms with Gasteiger partial charge in [0.1, 0.15) is 0 Å². The quantitative estimate of drug-likeness (QED) is 0.187. The number of para-hydroxylation sites is 3. The summed E-state index contributed by atoms with van der Waals surface area (Å²) in [4.78, 5) is 10.6. The molecule has 0 aliphatic heterocycles. The van der Waals surface area contributed by atoms with Crippen molar-refractivity contribution < 1.29 is 6.85 Å². The summed E-state index contributed by atoms with van der Waals surface area (Å²) in [5.74, 6) is 0.549. The molecule has 4 nitrogen and oxygen atoms in total. The zero-order valence-electron chi connectivity index (χ0n) is 32.7. The molecule has 0 fully saturated rings. The van der Waals surface area contributed by atoms with E-state index in [4.69, 9.17) is 16.8 Å². The fourth-order valence-corrected chi connectivity index (χ4v) is 7.83. The van der Waals surface area contributed by atoms with E-state index in [1.54, 1.807) is 4.57 Å². The van der Waals surface area contributed by atoms with E-state index in [0.29, 0.717) is 5.95 Å². The van der Waals surface area contributed by atoms with Gasteiger partial charge in [-0.05, 0) is 82.5 Å². The van der Waals surface area contributed by atoms with Gasteiger partial charge in [-0.3, -0.25) is 4.57 Å². The summed E-state index contributed by atoms with van der Waals surface area (Å²) in [6.45, 7) is 0. The van der Waals surface area contributed by atoms with E-state index < -0.39 is 6.04 Å². The second-order valence-corrected chi connectivity index (χ2v) is 13.1. The number of rotatable bonds is 4. The number of benzene rings is 8. The van der Waals surface area contributed by atoms with Crippen molar-refractivity contribution in [3.63, 3.8) is 0 Å². The largest absolute Gasteiger partial charge is 0.309 e. The first-order valence-corrected chi connectivity index (χ1v) is 17.3. The van der Waals surface area contributed by atoms with Crippen molar-refractivity contribution in [2.45, 2.75) is 0 Å². The zero-order chi connectivity index (χ0) is 38.5. The Hall–Kier alpha value is -7.04. The highest BCUT2D eigenvalue weighted by atomic mass is 15.2. The van der Waals surface area contributed by atoms with E-state index in [-0.39, 0.29) is 29.9 Å². The van der Waals surface area contributed by atoms with Gasteiger partial charge in [-0.25, -0.2) is 9.97 Å². The summed E-state index contributed by atoms with van der Waals surface area (Å²) in [5.41, 5.74) is 8.28. The SMILES string of the molecule is [2H]c1c([2H])c([2H])c(-n2c3ccccc3c3cc(-c4nc(-n5c6ccc(-c7ccccc7)cc6c6cc7ccccc7cc65)nc5ccccc45)ccc32)c([2H])c1[2H]. The molecular formula is C48H30N4. The molecule has 11 aromatic rings. The van der Waals surface area contributed by atoms with Crippen LogP contribution in [0.15, 0.2) is 182 Å². The Labute approximate surface area is 306 Å². The van der Waals surface area contributed by atoms with Gasteiger partial charge in [0.15, 0.2) is 0 Å². The second kappa shape index (κ2) is 11.2. The minimum atomic E-state index is -0.420. The Morgan fingerprint density at radius 2 is 1.02 bits per heavy atom. The summed E-state index contributed by atoms with van der Waals surface area (Å²) in [6, 6.07) is 50.1. The van der Waals surface area contributed by atoms with Gasteiger partial charge < -0.3 is 4.57 Å². The summed E-state index contributed by atoms with van der Waals surface area (Å²) in [5, 5.41) is 7.16. The van der Waals surface area contributed by atoms with Crippen LogP contribution in [0.25, 0.3) is 99.3 Å². The van der Waals surface area contributed by atoms with Gasteiger partial charge in [-0.1, -0.05) is 121 Å². The molecule has 0 aliphatic carbocycles. The first kappa shape index (κ1) is 24.2. The van der Waals surface area contributed by atoms with Gasteiger partial charge in [0, 0.05) is 38.2 Å². The number of hydrogen-bond acceptors (Lipinski definition) is 2. The van der Waals surface area contributed by atoms with Crippen LogP contribution >= 0.6 is 0 Å². The van der Waals surface area contributed by atoms with Crippen LogP contribution in [0.5, 0.6) is 0 Å². The summed E-state index contributed by atoms with van der Waals surface area (Å²) >= 11 is 0. The molecule has 242 valence electrons. The third kappa shape index (κ3) is 4.34. The number of fused-ring (bicyclic) bond motifs is 8. The van der Waals surface area contributed by atoms with Gasteiger partial charge in [-0.15, -0.1) is 0 Å². The first-order valence-electron chi connectivity index (χ1n) is 19.8. The Morgan fingerprint density at radius 3 is 1.87 bits per heavy atom. The lowest BCUT2D eigenvalue weighted by Crippen LogP contribution is -2.03. The van der Waals surface area contributed by atoms with Gasteiger partial charge in [0.05, 0.1) is 40.1 Å². The average molecular weight is 668 g/mol. The highest BCUT2D eigenvalue weighted by molar-refractivity contribution is 6.15. The zero-order valence-corrected chi connectivity index (χ0v) is 27.7. The lowest BCUT2D eigenvalue weighted by Gasteiger charge is -2.13. The maximum Gasteiger partial charge on any atom is 0.235 e. The fourth-order valence-electron chi connectivity index (χ4n) is 7.83. The standard InChI is InChI=1S/C48H30N4/c1-3-13-31(14-4-1)34-23-25-45-40(28-34)41-27-32-15-7-8-16-33(32)30-46(41)52(45)48-49-42-21-11-9-20-38(42)47(50-48)35-24-26-44-39(29-35)37-19-10-12-22-43(37)51(44)36-17-5-2-6-18-36/h1-30H/i2D,5D,6D,17D,18D. The molecule has 0 bridgehead atoms. The predicted molar refractivity (Wildman–Crippen MR) is 217 cm³/mol. The molecule has 0 aliphatic rings. The average Bonchev–Trinajstić information content (AvgIpc) is 3.75. The molecular weight excluding hydrogens is 633 g/mol. The maximum atomic E-state index is 8.82. The van der Waals surface area contributed by atoms with Crippen LogP contribution in [0, 0.1) is 0 Å². The van der Waals surface area contributed by atoms with Crippen molar-refractivity contribution in [3.8, 4) is 34.0 Å². The molecule has 0 N–H and O–H groups in total. The molecule has 0 amide bonds. The van der Waals surface area contributed by atoms with Gasteiger partial charge in [0.25, 0.3) is 0 Å². The topological polar surface area (TPSA) is 35.6 Å². The smallest absolute Gasteiger partial charge is 0.235 e. The van der Waals surface area contributed by atoms with E-state index in [1.807, 2.05) is 66.7 Å². The van der Waals surface area contributed by atoms with Gasteiger partial charge >= 0.3 is 0 Å². The Kier molecular flexibility index (Phi) is 5.22. The van der Waals surface area contributed by atoms with E-state index in [1.165, 1.54) is 0 Å². The van der Waals surface area contributed by atoms with E-state index in [2.05, 4.69) is 89.5 Å². The molecule has 0 unspecified atom stereocenters. The van der Waals surface area contributed by atoms with Crippen molar-refractivity contribution in [1.82, 2.24) is 19.1 Å². The van der Waals surface area contributed by atoms with Crippen LogP contribution in [0.4, 0.5) is 0 Å². The fraction of sp³-hybridized carbons (Fsp3) is 0. The normalized spacial score (nSPS) is 13.2. The molecule has 0 saturated carbocycles. The van der Waals surface area contributed by atoms with Crippen LogP contribution in [0.2, 0.25) is 0 Å². The minimum absolute atomic E-state index is 0.115. The minimum Gasteiger partial charge on any atom is -0.309 e. The number of nitrogens with zero attached hydrogens (tertiary/aromatic N) is 4. The molecule has 3 aromatic heterocycles. The number of aromatic nitrogens is 4. The van der Waals surface area contributed by atoms with Crippen LogP contribution < -0.4 is 0 Å². The molecule has 52 heavy (non-hydrogen) atoms. The Balaban J connectivity index is 1.18. The summed E-state index contributed by atoms with van der Waals surface area (Å²) in [7, 11) is 0. The van der Waals surface area contributed by atoms with Crippen LogP contribution in [-0.4, -0.2) is 19.1 Å². The molecule has 0 radical (unpaired) electrons. The monoisotopic (exact) mass is 667 g/mol. The van der Waals surface area contributed by atoms with E-state index >= 15 is 0 Å². The molecule has 8 aromatic carbocycles. The van der Waals surface area contributed by atoms with Crippen molar-refractivity contribution in [3.05, 3.63) is 182 Å². The molecule has 11 rings (SSSR count). The summed E-state index contributed by atoms with van der Waals surface area (Å²) < 4.78 is 46.6. The van der Waals surface area contributed by atoms with Gasteiger partial charge in [0.2, 0.25) is 5.95 Å². The van der Waals surface area contributed by atoms with Crippen LogP contribution in [-0.2, 0) is 0 Å². The highest BCUT2D eigenvalue weighted by Gasteiger charge is 2.20. The predicted octanol–water partition coefficient (Wildman–Crippen LogP) is 12.3. The van der Waals surface area contributed by atoms with Crippen LogP contribution in [0.1, 0.15) is 6.85 Å². The molecule has 0 saturated heterocycles. The summed E-state index contributed by atoms with van der Waals surface area (Å²) in [6.07, 6.45) is 0. The number of hydrogen-bond donors (Lipinski definition) is 0. The Morgan fingerprint density at radius 1 is 0.404 bits per heavy atom. The first-order chi connectivity index (χ1) is 27.9. The van der Waals surface area contributed by atoms with Crippen LogP contribution in [0.3, 0.4) is 0 Å². The van der Waals surface area contributed by atoms with Crippen molar-refractivity contribution in [2.24, 2.45) is 0 Å². The third-order valence-electron chi connectivity index (χ3n) is 10.2. The third-order valence-corrected chi connectivity index (χ3v) is 10.2. The van der Waals surface area contributed by atoms with Crippen molar-refractivity contribution >= 4 is 65.3 Å². The van der Waals surface area contributed by atoms with Crippen molar-refractivity contribution in [1.29, 1.82) is 0 Å². The van der Waals surface area contributed by atoms with Gasteiger partial charge in [-0.2, -0.15) is 0 Å². The molecule has 4 heteroatoms. The van der Waals surface area contributed by atoms with Crippen molar-refractivity contribution in [2.75, 3.05) is 0 Å². The second-order valence-electron chi connectivity index (χ2n) is 13.1. The lowest BCUT2D eigenvalue weighted by atomic mass is 10.0. The van der Waals surface area contributed by atoms with E-state index in [0.717, 1.165) is 87.7 Å². The molecule has 3 heterocycles. The highest BCUT2D eigenvalue weighted by Crippen LogP contribution is 2.39. The van der Waals surface area contributed by atoms with E-state index in [9.17, 15) is 0 Å².